The van der Waals surface area contributed by atoms with Crippen LogP contribution in [-0.4, -0.2) is 16.1 Å². The molecule has 0 amide bonds. The van der Waals surface area contributed by atoms with Gasteiger partial charge in [-0.25, -0.2) is 9.18 Å². The molecule has 0 bridgehead atoms. The highest BCUT2D eigenvalue weighted by atomic mass is 127. The van der Waals surface area contributed by atoms with Gasteiger partial charge in [-0.05, 0) is 23.8 Å². The molecule has 2 aromatic rings. The lowest BCUT2D eigenvalue weighted by molar-refractivity contribution is 0.0691. The highest BCUT2D eigenvalue weighted by molar-refractivity contribution is 14.1. The molecule has 1 aromatic heterocycles. The summed E-state index contributed by atoms with van der Waals surface area (Å²) >= 11 is 2.07. The van der Waals surface area contributed by atoms with Crippen LogP contribution in [0.25, 0.3) is 10.9 Å². The SMILES string of the molecule is O=C(O)c1cc2cc(CI)c(F)cc2[nH]1. The van der Waals surface area contributed by atoms with Crippen molar-refractivity contribution in [3.8, 4) is 0 Å². The number of benzene rings is 1. The minimum absolute atomic E-state index is 0.0787. The maximum atomic E-state index is 13.4. The van der Waals surface area contributed by atoms with E-state index < -0.39 is 5.97 Å². The van der Waals surface area contributed by atoms with E-state index in [2.05, 4.69) is 27.6 Å². The van der Waals surface area contributed by atoms with Gasteiger partial charge in [-0.3, -0.25) is 0 Å². The number of hydrogen-bond donors (Lipinski definition) is 2. The number of carbonyl (C=O) groups is 1. The standard InChI is InChI=1S/C10H7FINO2/c11-7-3-8-5(1-6(7)4-12)2-9(13-8)10(14)15/h1-3,13H,4H2,(H,14,15). The number of fused-ring (bicyclic) bond motifs is 1. The van der Waals surface area contributed by atoms with Crippen LogP contribution in [0.15, 0.2) is 18.2 Å². The fourth-order valence-electron chi connectivity index (χ4n) is 1.42. The van der Waals surface area contributed by atoms with E-state index in [1.807, 2.05) is 0 Å². The predicted molar refractivity (Wildman–Crippen MR) is 62.9 cm³/mol. The van der Waals surface area contributed by atoms with E-state index >= 15 is 0 Å². The van der Waals surface area contributed by atoms with Crippen molar-refractivity contribution >= 4 is 39.5 Å². The van der Waals surface area contributed by atoms with E-state index in [-0.39, 0.29) is 11.5 Å². The molecule has 15 heavy (non-hydrogen) atoms. The number of aromatic carboxylic acids is 1. The lowest BCUT2D eigenvalue weighted by Gasteiger charge is -1.97. The van der Waals surface area contributed by atoms with Crippen LogP contribution in [0.2, 0.25) is 0 Å². The van der Waals surface area contributed by atoms with Crippen LogP contribution in [0, 0.1) is 5.82 Å². The lowest BCUT2D eigenvalue weighted by atomic mass is 10.1. The Morgan fingerprint density at radius 3 is 2.80 bits per heavy atom. The Morgan fingerprint density at radius 1 is 1.47 bits per heavy atom. The molecule has 0 aliphatic carbocycles. The summed E-state index contributed by atoms with van der Waals surface area (Å²) in [6.07, 6.45) is 0. The van der Waals surface area contributed by atoms with Crippen LogP contribution >= 0.6 is 22.6 Å². The Morgan fingerprint density at radius 2 is 2.20 bits per heavy atom. The summed E-state index contributed by atoms with van der Waals surface area (Å²) < 4.78 is 13.9. The molecule has 0 unspecified atom stereocenters. The van der Waals surface area contributed by atoms with Gasteiger partial charge in [0.05, 0.1) is 0 Å². The number of carboxylic acids is 1. The molecule has 0 aliphatic rings. The molecule has 1 heterocycles. The molecule has 1 aromatic carbocycles. The normalized spacial score (nSPS) is 10.8. The summed E-state index contributed by atoms with van der Waals surface area (Å²) in [4.78, 5) is 13.3. The van der Waals surface area contributed by atoms with Crippen LogP contribution in [-0.2, 0) is 4.43 Å². The van der Waals surface area contributed by atoms with Crippen molar-refractivity contribution in [2.45, 2.75) is 4.43 Å². The number of aromatic amines is 1. The Balaban J connectivity index is 2.66. The van der Waals surface area contributed by atoms with Crippen molar-refractivity contribution in [1.29, 1.82) is 0 Å². The molecule has 0 atom stereocenters. The van der Waals surface area contributed by atoms with E-state index in [4.69, 9.17) is 5.11 Å². The third-order valence-corrected chi connectivity index (χ3v) is 2.98. The zero-order valence-corrected chi connectivity index (χ0v) is 9.71. The first-order chi connectivity index (χ1) is 7.11. The second-order valence-electron chi connectivity index (χ2n) is 3.15. The van der Waals surface area contributed by atoms with Crippen LogP contribution < -0.4 is 0 Å². The maximum Gasteiger partial charge on any atom is 0.352 e. The number of rotatable bonds is 2. The number of carboxylic acid groups (broad SMARTS) is 1. The first-order valence-corrected chi connectivity index (χ1v) is 5.75. The van der Waals surface area contributed by atoms with Crippen molar-refractivity contribution in [1.82, 2.24) is 4.98 Å². The number of alkyl halides is 1. The summed E-state index contributed by atoms with van der Waals surface area (Å²) in [6.45, 7) is 0. The molecule has 0 fully saturated rings. The topological polar surface area (TPSA) is 53.1 Å². The van der Waals surface area contributed by atoms with Crippen LogP contribution in [0.3, 0.4) is 0 Å². The lowest BCUT2D eigenvalue weighted by Crippen LogP contribution is -1.94. The van der Waals surface area contributed by atoms with E-state index in [9.17, 15) is 9.18 Å². The van der Waals surface area contributed by atoms with Gasteiger partial charge in [0.2, 0.25) is 0 Å². The Bertz CT molecular complexity index is 535. The second kappa shape index (κ2) is 3.80. The zero-order chi connectivity index (χ0) is 11.0. The number of H-pyrrole nitrogens is 1. The predicted octanol–water partition coefficient (Wildman–Crippen LogP) is 2.94. The zero-order valence-electron chi connectivity index (χ0n) is 7.55. The fraction of sp³-hybridized carbons (Fsp3) is 0.100. The quantitative estimate of drug-likeness (QED) is 0.660. The Hall–Kier alpha value is -1.11. The highest BCUT2D eigenvalue weighted by Crippen LogP contribution is 2.21. The van der Waals surface area contributed by atoms with Crippen molar-refractivity contribution in [2.75, 3.05) is 0 Å². The van der Waals surface area contributed by atoms with Gasteiger partial charge in [0, 0.05) is 15.3 Å². The van der Waals surface area contributed by atoms with Gasteiger partial charge in [0.1, 0.15) is 11.5 Å². The van der Waals surface area contributed by atoms with E-state index in [0.717, 1.165) is 5.39 Å². The van der Waals surface area contributed by atoms with Crippen molar-refractivity contribution < 1.29 is 14.3 Å². The van der Waals surface area contributed by atoms with Gasteiger partial charge >= 0.3 is 5.97 Å². The Labute approximate surface area is 98.4 Å². The van der Waals surface area contributed by atoms with Gasteiger partial charge in [0.15, 0.2) is 0 Å². The fourth-order valence-corrected chi connectivity index (χ4v) is 2.00. The first-order valence-electron chi connectivity index (χ1n) is 4.22. The minimum atomic E-state index is -1.04. The van der Waals surface area contributed by atoms with Crippen LogP contribution in [0.4, 0.5) is 4.39 Å². The monoisotopic (exact) mass is 319 g/mol. The number of nitrogens with one attached hydrogen (secondary N) is 1. The van der Waals surface area contributed by atoms with Gasteiger partial charge in [0.25, 0.3) is 0 Å². The number of hydrogen-bond acceptors (Lipinski definition) is 1. The maximum absolute atomic E-state index is 13.4. The van der Waals surface area contributed by atoms with Crippen LogP contribution in [0.5, 0.6) is 0 Å². The summed E-state index contributed by atoms with van der Waals surface area (Å²) in [6, 6.07) is 4.50. The molecule has 0 saturated heterocycles. The highest BCUT2D eigenvalue weighted by Gasteiger charge is 2.10. The van der Waals surface area contributed by atoms with Crippen molar-refractivity contribution in [3.05, 3.63) is 35.3 Å². The summed E-state index contributed by atoms with van der Waals surface area (Å²) in [5.74, 6) is -1.35. The van der Waals surface area contributed by atoms with Crippen LogP contribution in [0.1, 0.15) is 16.1 Å². The third kappa shape index (κ3) is 1.83. The smallest absolute Gasteiger partial charge is 0.352 e. The Kier molecular flexibility index (Phi) is 2.64. The van der Waals surface area contributed by atoms with Gasteiger partial charge in [-0.15, -0.1) is 0 Å². The number of halogens is 2. The molecule has 0 aliphatic heterocycles. The minimum Gasteiger partial charge on any atom is -0.477 e. The largest absolute Gasteiger partial charge is 0.477 e. The molecule has 2 N–H and O–H groups in total. The molecule has 0 saturated carbocycles. The van der Waals surface area contributed by atoms with Gasteiger partial charge in [-0.1, -0.05) is 22.6 Å². The summed E-state index contributed by atoms with van der Waals surface area (Å²) in [5, 5.41) is 9.48. The second-order valence-corrected chi connectivity index (χ2v) is 3.92. The summed E-state index contributed by atoms with van der Waals surface area (Å²) in [7, 11) is 0. The molecule has 78 valence electrons. The molecule has 2 rings (SSSR count). The van der Waals surface area contributed by atoms with E-state index in [1.165, 1.54) is 12.1 Å². The molecular weight excluding hydrogens is 312 g/mol. The molecule has 0 spiro atoms. The average molecular weight is 319 g/mol. The molecule has 3 nitrogen and oxygen atoms in total. The van der Waals surface area contributed by atoms with Crippen molar-refractivity contribution in [3.63, 3.8) is 0 Å². The van der Waals surface area contributed by atoms with Crippen molar-refractivity contribution in [2.24, 2.45) is 0 Å². The molecule has 5 heteroatoms. The van der Waals surface area contributed by atoms with E-state index in [0.29, 0.717) is 15.5 Å². The van der Waals surface area contributed by atoms with E-state index in [1.54, 1.807) is 6.07 Å². The average Bonchev–Trinajstić information content (AvgIpc) is 2.59. The first kappa shape index (κ1) is 10.4. The van der Waals surface area contributed by atoms with Gasteiger partial charge in [-0.2, -0.15) is 0 Å². The van der Waals surface area contributed by atoms with Gasteiger partial charge < -0.3 is 10.1 Å². The third-order valence-electron chi connectivity index (χ3n) is 2.16. The summed E-state index contributed by atoms with van der Waals surface area (Å²) in [5.41, 5.74) is 1.17. The molecule has 0 radical (unpaired) electrons. The molecular formula is C10H7FINO2. The number of aromatic nitrogens is 1.